The van der Waals surface area contributed by atoms with Gasteiger partial charge in [-0.05, 0) is 24.1 Å². The van der Waals surface area contributed by atoms with Gasteiger partial charge in [0.15, 0.2) is 11.5 Å². The van der Waals surface area contributed by atoms with Crippen LogP contribution in [0.25, 0.3) is 0 Å². The third kappa shape index (κ3) is 4.37. The zero-order valence-electron chi connectivity index (χ0n) is 15.2. The Labute approximate surface area is 162 Å². The van der Waals surface area contributed by atoms with Crippen molar-refractivity contribution in [3.63, 3.8) is 0 Å². The van der Waals surface area contributed by atoms with E-state index in [4.69, 9.17) is 9.47 Å². The maximum atomic E-state index is 12.2. The average Bonchev–Trinajstić information content (AvgIpc) is 2.75. The van der Waals surface area contributed by atoms with Crippen LogP contribution in [0, 0.1) is 0 Å². The van der Waals surface area contributed by atoms with E-state index in [1.807, 2.05) is 48.5 Å². The highest BCUT2D eigenvalue weighted by Crippen LogP contribution is 2.33. The molecule has 142 valence electrons. The molecule has 1 aromatic heterocycles. The SMILES string of the molecule is O=C(NCCc1ccccc1)c1cnc(Nc2ccc3c(c2)OCCO3)nc1. The number of hydrogen-bond donors (Lipinski definition) is 2. The second kappa shape index (κ2) is 8.39. The summed E-state index contributed by atoms with van der Waals surface area (Å²) in [4.78, 5) is 20.7. The van der Waals surface area contributed by atoms with Gasteiger partial charge < -0.3 is 20.1 Å². The monoisotopic (exact) mass is 376 g/mol. The van der Waals surface area contributed by atoms with E-state index >= 15 is 0 Å². The Morgan fingerprint density at radius 1 is 0.964 bits per heavy atom. The van der Waals surface area contributed by atoms with E-state index in [1.165, 1.54) is 18.0 Å². The smallest absolute Gasteiger partial charge is 0.254 e. The number of hydrogen-bond acceptors (Lipinski definition) is 6. The molecule has 1 aliphatic heterocycles. The number of rotatable bonds is 6. The summed E-state index contributed by atoms with van der Waals surface area (Å²) in [5.41, 5.74) is 2.38. The lowest BCUT2D eigenvalue weighted by Crippen LogP contribution is -2.26. The lowest BCUT2D eigenvalue weighted by atomic mass is 10.1. The van der Waals surface area contributed by atoms with Gasteiger partial charge in [0.05, 0.1) is 5.56 Å². The summed E-state index contributed by atoms with van der Waals surface area (Å²) in [5.74, 6) is 1.62. The molecule has 4 rings (SSSR count). The van der Waals surface area contributed by atoms with Crippen molar-refractivity contribution in [3.8, 4) is 11.5 Å². The van der Waals surface area contributed by atoms with Crippen LogP contribution in [0.5, 0.6) is 11.5 Å². The van der Waals surface area contributed by atoms with Gasteiger partial charge in [0, 0.05) is 30.7 Å². The highest BCUT2D eigenvalue weighted by atomic mass is 16.6. The summed E-state index contributed by atoms with van der Waals surface area (Å²) < 4.78 is 11.1. The molecule has 1 aliphatic rings. The molecule has 2 heterocycles. The molecule has 0 aliphatic carbocycles. The molecule has 3 aromatic rings. The zero-order chi connectivity index (χ0) is 19.2. The summed E-state index contributed by atoms with van der Waals surface area (Å²) in [6.45, 7) is 1.64. The van der Waals surface area contributed by atoms with Crippen LogP contribution in [0.15, 0.2) is 60.9 Å². The normalized spacial score (nSPS) is 12.3. The zero-order valence-corrected chi connectivity index (χ0v) is 15.2. The lowest BCUT2D eigenvalue weighted by Gasteiger charge is -2.18. The molecule has 0 saturated carbocycles. The van der Waals surface area contributed by atoms with Crippen LogP contribution < -0.4 is 20.1 Å². The van der Waals surface area contributed by atoms with Crippen molar-refractivity contribution in [1.82, 2.24) is 15.3 Å². The molecule has 28 heavy (non-hydrogen) atoms. The molecule has 0 unspecified atom stereocenters. The number of carbonyl (C=O) groups is 1. The molecule has 1 amide bonds. The Kier molecular flexibility index (Phi) is 5.33. The third-order valence-electron chi connectivity index (χ3n) is 4.25. The number of fused-ring (bicyclic) bond motifs is 1. The summed E-state index contributed by atoms with van der Waals surface area (Å²) in [6.07, 6.45) is 3.79. The van der Waals surface area contributed by atoms with E-state index in [1.54, 1.807) is 0 Å². The van der Waals surface area contributed by atoms with Gasteiger partial charge in [0.1, 0.15) is 13.2 Å². The molecule has 0 saturated heterocycles. The molecule has 7 heteroatoms. The van der Waals surface area contributed by atoms with E-state index in [0.717, 1.165) is 17.9 Å². The molecule has 7 nitrogen and oxygen atoms in total. The number of nitrogens with one attached hydrogen (secondary N) is 2. The Hall–Kier alpha value is -3.61. The van der Waals surface area contributed by atoms with Crippen LogP contribution in [-0.4, -0.2) is 35.6 Å². The predicted molar refractivity (Wildman–Crippen MR) is 105 cm³/mol. The summed E-state index contributed by atoms with van der Waals surface area (Å²) in [5, 5.41) is 5.98. The molecule has 2 N–H and O–H groups in total. The summed E-state index contributed by atoms with van der Waals surface area (Å²) >= 11 is 0. The van der Waals surface area contributed by atoms with Crippen molar-refractivity contribution < 1.29 is 14.3 Å². The minimum Gasteiger partial charge on any atom is -0.486 e. The fourth-order valence-electron chi connectivity index (χ4n) is 2.83. The number of ether oxygens (including phenoxy) is 2. The number of amides is 1. The highest BCUT2D eigenvalue weighted by Gasteiger charge is 2.12. The van der Waals surface area contributed by atoms with Crippen LogP contribution in [0.2, 0.25) is 0 Å². The van der Waals surface area contributed by atoms with Gasteiger partial charge in [0.2, 0.25) is 5.95 Å². The fourth-order valence-corrected chi connectivity index (χ4v) is 2.83. The second-order valence-electron chi connectivity index (χ2n) is 6.27. The summed E-state index contributed by atoms with van der Waals surface area (Å²) in [6, 6.07) is 15.5. The molecule has 2 aromatic carbocycles. The van der Waals surface area contributed by atoms with Crippen molar-refractivity contribution in [3.05, 3.63) is 72.1 Å². The Balaban J connectivity index is 1.32. The first-order valence-corrected chi connectivity index (χ1v) is 9.09. The van der Waals surface area contributed by atoms with E-state index in [9.17, 15) is 4.79 Å². The van der Waals surface area contributed by atoms with Crippen molar-refractivity contribution in [1.29, 1.82) is 0 Å². The number of benzene rings is 2. The van der Waals surface area contributed by atoms with Crippen molar-refractivity contribution in [2.75, 3.05) is 25.1 Å². The number of nitrogens with zero attached hydrogens (tertiary/aromatic N) is 2. The van der Waals surface area contributed by atoms with Crippen molar-refractivity contribution >= 4 is 17.5 Å². The van der Waals surface area contributed by atoms with Crippen LogP contribution >= 0.6 is 0 Å². The maximum absolute atomic E-state index is 12.2. The van der Waals surface area contributed by atoms with Crippen LogP contribution in [0.1, 0.15) is 15.9 Å². The first kappa shape index (κ1) is 17.8. The molecular formula is C21H20N4O3. The number of anilines is 2. The van der Waals surface area contributed by atoms with Crippen LogP contribution in [-0.2, 0) is 6.42 Å². The van der Waals surface area contributed by atoms with E-state index in [-0.39, 0.29) is 5.91 Å². The lowest BCUT2D eigenvalue weighted by molar-refractivity contribution is 0.0953. The number of carbonyl (C=O) groups excluding carboxylic acids is 1. The van der Waals surface area contributed by atoms with Gasteiger partial charge in [-0.3, -0.25) is 4.79 Å². The van der Waals surface area contributed by atoms with Gasteiger partial charge >= 0.3 is 0 Å². The predicted octanol–water partition coefficient (Wildman–Crippen LogP) is 2.96. The van der Waals surface area contributed by atoms with E-state index in [2.05, 4.69) is 20.6 Å². The first-order chi connectivity index (χ1) is 13.8. The average molecular weight is 376 g/mol. The standard InChI is InChI=1S/C21H20N4O3/c26-20(22-9-8-15-4-2-1-3-5-15)16-13-23-21(24-14-16)25-17-6-7-18-19(12-17)28-11-10-27-18/h1-7,12-14H,8-11H2,(H,22,26)(H,23,24,25). The first-order valence-electron chi connectivity index (χ1n) is 9.09. The van der Waals surface area contributed by atoms with Gasteiger partial charge in [0.25, 0.3) is 5.91 Å². The molecule has 0 atom stereocenters. The topological polar surface area (TPSA) is 85.4 Å². The quantitative estimate of drug-likeness (QED) is 0.688. The molecule has 0 bridgehead atoms. The molecule has 0 fully saturated rings. The molecule has 0 spiro atoms. The third-order valence-corrected chi connectivity index (χ3v) is 4.25. The van der Waals surface area contributed by atoms with Crippen LogP contribution in [0.3, 0.4) is 0 Å². The minimum atomic E-state index is -0.193. The largest absolute Gasteiger partial charge is 0.486 e. The maximum Gasteiger partial charge on any atom is 0.254 e. The van der Waals surface area contributed by atoms with Crippen molar-refractivity contribution in [2.24, 2.45) is 0 Å². The Bertz CT molecular complexity index is 946. The minimum absolute atomic E-state index is 0.193. The highest BCUT2D eigenvalue weighted by molar-refractivity contribution is 5.93. The Morgan fingerprint density at radius 3 is 2.50 bits per heavy atom. The molecule has 0 radical (unpaired) electrons. The Morgan fingerprint density at radius 2 is 1.71 bits per heavy atom. The fraction of sp³-hybridized carbons (Fsp3) is 0.190. The molecular weight excluding hydrogens is 356 g/mol. The van der Waals surface area contributed by atoms with Gasteiger partial charge in [-0.15, -0.1) is 0 Å². The van der Waals surface area contributed by atoms with Gasteiger partial charge in [-0.25, -0.2) is 9.97 Å². The second-order valence-corrected chi connectivity index (χ2v) is 6.27. The number of aromatic nitrogens is 2. The van der Waals surface area contributed by atoms with Crippen LogP contribution in [0.4, 0.5) is 11.6 Å². The van der Waals surface area contributed by atoms with E-state index in [0.29, 0.717) is 37.0 Å². The van der Waals surface area contributed by atoms with Gasteiger partial charge in [-0.2, -0.15) is 0 Å². The van der Waals surface area contributed by atoms with E-state index < -0.39 is 0 Å². The van der Waals surface area contributed by atoms with Gasteiger partial charge in [-0.1, -0.05) is 30.3 Å². The summed E-state index contributed by atoms with van der Waals surface area (Å²) in [7, 11) is 0. The van der Waals surface area contributed by atoms with Crippen molar-refractivity contribution in [2.45, 2.75) is 6.42 Å².